The number of hydrogen-bond acceptors (Lipinski definition) is 1. The van der Waals surface area contributed by atoms with Crippen molar-refractivity contribution in [2.75, 3.05) is 7.11 Å². The standard InChI is InChI=1S/C8H15FO/c1-5-6(2)8(10-4)7(3)9/h6,8H,3,5H2,1-2,4H3/t6-,8?/m1/s1. The number of halogens is 1. The highest BCUT2D eigenvalue weighted by atomic mass is 19.1. The molecule has 1 nitrogen and oxygen atoms in total. The van der Waals surface area contributed by atoms with Gasteiger partial charge in [0.15, 0.2) is 0 Å². The lowest BCUT2D eigenvalue weighted by molar-refractivity contribution is 0.0686. The van der Waals surface area contributed by atoms with Crippen molar-refractivity contribution in [1.82, 2.24) is 0 Å². The quantitative estimate of drug-likeness (QED) is 0.592. The molecule has 0 heterocycles. The maximum Gasteiger partial charge on any atom is 0.122 e. The summed E-state index contributed by atoms with van der Waals surface area (Å²) in [6.07, 6.45) is 0.478. The molecule has 60 valence electrons. The van der Waals surface area contributed by atoms with Gasteiger partial charge in [0, 0.05) is 7.11 Å². The minimum atomic E-state index is -0.426. The fourth-order valence-corrected chi connectivity index (χ4v) is 0.883. The monoisotopic (exact) mass is 146 g/mol. The van der Waals surface area contributed by atoms with Crippen molar-refractivity contribution in [2.24, 2.45) is 5.92 Å². The molecule has 0 spiro atoms. The first-order valence-electron chi connectivity index (χ1n) is 3.50. The zero-order chi connectivity index (χ0) is 8.15. The molecule has 0 amide bonds. The molecule has 0 aliphatic carbocycles. The van der Waals surface area contributed by atoms with E-state index in [2.05, 4.69) is 6.58 Å². The molecule has 0 bridgehead atoms. The van der Waals surface area contributed by atoms with Crippen LogP contribution < -0.4 is 0 Å². The summed E-state index contributed by atoms with van der Waals surface area (Å²) < 4.78 is 17.4. The Bertz CT molecular complexity index is 112. The Morgan fingerprint density at radius 3 is 2.30 bits per heavy atom. The Labute approximate surface area is 61.9 Å². The van der Waals surface area contributed by atoms with Crippen LogP contribution >= 0.6 is 0 Å². The zero-order valence-electron chi connectivity index (χ0n) is 6.86. The van der Waals surface area contributed by atoms with Crippen LogP contribution in [0.1, 0.15) is 20.3 Å². The molecular weight excluding hydrogens is 131 g/mol. The first-order chi connectivity index (χ1) is 4.63. The van der Waals surface area contributed by atoms with Crippen LogP contribution in [0, 0.1) is 5.92 Å². The van der Waals surface area contributed by atoms with Crippen molar-refractivity contribution < 1.29 is 9.13 Å². The maximum absolute atomic E-state index is 12.5. The summed E-state index contributed by atoms with van der Waals surface area (Å²) in [4.78, 5) is 0. The van der Waals surface area contributed by atoms with Gasteiger partial charge < -0.3 is 4.74 Å². The van der Waals surface area contributed by atoms with E-state index in [0.717, 1.165) is 6.42 Å². The third kappa shape index (κ3) is 2.48. The van der Waals surface area contributed by atoms with E-state index >= 15 is 0 Å². The van der Waals surface area contributed by atoms with Crippen molar-refractivity contribution in [3.8, 4) is 0 Å². The Morgan fingerprint density at radius 2 is 2.20 bits per heavy atom. The minimum absolute atomic E-state index is 0.211. The molecule has 1 unspecified atom stereocenters. The van der Waals surface area contributed by atoms with Gasteiger partial charge in [0.25, 0.3) is 0 Å². The average molecular weight is 146 g/mol. The van der Waals surface area contributed by atoms with Crippen LogP contribution in [0.4, 0.5) is 4.39 Å². The van der Waals surface area contributed by atoms with Crippen LogP contribution in [0.2, 0.25) is 0 Å². The van der Waals surface area contributed by atoms with E-state index in [-0.39, 0.29) is 11.7 Å². The molecule has 0 saturated heterocycles. The number of rotatable bonds is 4. The highest BCUT2D eigenvalue weighted by Gasteiger charge is 2.17. The maximum atomic E-state index is 12.5. The van der Waals surface area contributed by atoms with Crippen molar-refractivity contribution in [1.29, 1.82) is 0 Å². The summed E-state index contributed by atoms with van der Waals surface area (Å²) in [7, 11) is 1.50. The molecule has 0 aromatic heterocycles. The zero-order valence-corrected chi connectivity index (χ0v) is 6.86. The second-order valence-corrected chi connectivity index (χ2v) is 2.49. The van der Waals surface area contributed by atoms with Gasteiger partial charge in [-0.1, -0.05) is 26.8 Å². The molecule has 2 heteroatoms. The van der Waals surface area contributed by atoms with Gasteiger partial charge in [-0.15, -0.1) is 0 Å². The fourth-order valence-electron chi connectivity index (χ4n) is 0.883. The van der Waals surface area contributed by atoms with Gasteiger partial charge in [-0.3, -0.25) is 0 Å². The van der Waals surface area contributed by atoms with Gasteiger partial charge in [0.05, 0.1) is 0 Å². The Kier molecular flexibility index (Phi) is 4.28. The summed E-state index contributed by atoms with van der Waals surface area (Å²) in [5, 5.41) is 0. The largest absolute Gasteiger partial charge is 0.374 e. The molecule has 0 N–H and O–H groups in total. The topological polar surface area (TPSA) is 9.23 Å². The highest BCUT2D eigenvalue weighted by Crippen LogP contribution is 2.17. The third-order valence-electron chi connectivity index (χ3n) is 1.72. The smallest absolute Gasteiger partial charge is 0.122 e. The first-order valence-corrected chi connectivity index (χ1v) is 3.50. The van der Waals surface area contributed by atoms with Gasteiger partial charge in [0.1, 0.15) is 11.9 Å². The van der Waals surface area contributed by atoms with Crippen LogP contribution in [-0.2, 0) is 4.74 Å². The summed E-state index contributed by atoms with van der Waals surface area (Å²) in [5.74, 6) is -0.167. The van der Waals surface area contributed by atoms with E-state index in [4.69, 9.17) is 4.74 Å². The van der Waals surface area contributed by atoms with Crippen LogP contribution in [0.5, 0.6) is 0 Å². The van der Waals surface area contributed by atoms with E-state index in [1.165, 1.54) is 7.11 Å². The van der Waals surface area contributed by atoms with Crippen LogP contribution in [0.25, 0.3) is 0 Å². The van der Waals surface area contributed by atoms with E-state index in [1.807, 2.05) is 13.8 Å². The number of methoxy groups -OCH3 is 1. The van der Waals surface area contributed by atoms with Gasteiger partial charge >= 0.3 is 0 Å². The molecule has 0 radical (unpaired) electrons. The first kappa shape index (κ1) is 9.63. The molecule has 0 saturated carbocycles. The predicted molar refractivity (Wildman–Crippen MR) is 40.5 cm³/mol. The van der Waals surface area contributed by atoms with Crippen LogP contribution in [0.3, 0.4) is 0 Å². The highest BCUT2D eigenvalue weighted by molar-refractivity contribution is 4.93. The van der Waals surface area contributed by atoms with E-state index in [9.17, 15) is 4.39 Å². The fraction of sp³-hybridized carbons (Fsp3) is 0.750. The van der Waals surface area contributed by atoms with Crippen LogP contribution in [-0.4, -0.2) is 13.2 Å². The van der Waals surface area contributed by atoms with Crippen molar-refractivity contribution >= 4 is 0 Å². The summed E-state index contributed by atoms with van der Waals surface area (Å²) in [5.41, 5.74) is 0. The molecule has 0 rings (SSSR count). The van der Waals surface area contributed by atoms with Gasteiger partial charge in [-0.05, 0) is 5.92 Å². The number of hydrogen-bond donors (Lipinski definition) is 0. The molecule has 0 aliphatic heterocycles. The van der Waals surface area contributed by atoms with Gasteiger partial charge in [0.2, 0.25) is 0 Å². The second-order valence-electron chi connectivity index (χ2n) is 2.49. The van der Waals surface area contributed by atoms with Gasteiger partial charge in [-0.2, -0.15) is 0 Å². The predicted octanol–water partition coefficient (Wildman–Crippen LogP) is 2.53. The third-order valence-corrected chi connectivity index (χ3v) is 1.72. The summed E-state index contributed by atoms with van der Waals surface area (Å²) >= 11 is 0. The molecule has 0 aromatic carbocycles. The molecule has 0 aliphatic rings. The molecular formula is C8H15FO. The Hall–Kier alpha value is -0.370. The Balaban J connectivity index is 3.92. The van der Waals surface area contributed by atoms with Crippen molar-refractivity contribution in [3.05, 3.63) is 12.4 Å². The van der Waals surface area contributed by atoms with E-state index in [1.54, 1.807) is 0 Å². The van der Waals surface area contributed by atoms with Crippen molar-refractivity contribution in [2.45, 2.75) is 26.4 Å². The summed E-state index contributed by atoms with van der Waals surface area (Å²) in [6, 6.07) is 0. The minimum Gasteiger partial charge on any atom is -0.374 e. The lowest BCUT2D eigenvalue weighted by atomic mass is 10.0. The molecule has 2 atom stereocenters. The van der Waals surface area contributed by atoms with E-state index in [0.29, 0.717) is 0 Å². The molecule has 0 aromatic rings. The van der Waals surface area contributed by atoms with E-state index < -0.39 is 6.10 Å². The summed E-state index contributed by atoms with van der Waals surface area (Å²) in [6.45, 7) is 7.15. The normalized spacial score (nSPS) is 16.4. The lowest BCUT2D eigenvalue weighted by Gasteiger charge is -2.18. The Morgan fingerprint density at radius 1 is 1.70 bits per heavy atom. The SMILES string of the molecule is C=C(F)C(OC)[C@H](C)CC. The average Bonchev–Trinajstić information content (AvgIpc) is 1.88. The molecule has 10 heavy (non-hydrogen) atoms. The van der Waals surface area contributed by atoms with Crippen molar-refractivity contribution in [3.63, 3.8) is 0 Å². The number of ether oxygens (including phenoxy) is 1. The molecule has 0 fully saturated rings. The van der Waals surface area contributed by atoms with Gasteiger partial charge in [-0.25, -0.2) is 4.39 Å². The second kappa shape index (κ2) is 4.45. The lowest BCUT2D eigenvalue weighted by Crippen LogP contribution is -2.19. The van der Waals surface area contributed by atoms with Crippen LogP contribution in [0.15, 0.2) is 12.4 Å².